The number of hydrogen-bond donors (Lipinski definition) is 2. The lowest BCUT2D eigenvalue weighted by atomic mass is 10.0. The third-order valence-corrected chi connectivity index (χ3v) is 7.37. The minimum absolute atomic E-state index is 0.178. The normalized spacial score (nSPS) is 15.8. The lowest BCUT2D eigenvalue weighted by Crippen LogP contribution is -2.58. The molecule has 37 heavy (non-hydrogen) atoms. The van der Waals surface area contributed by atoms with Gasteiger partial charge in [0.1, 0.15) is 11.8 Å². The predicted molar refractivity (Wildman–Crippen MR) is 147 cm³/mol. The molecule has 0 amide bonds. The fraction of sp³-hybridized carbons (Fsp3) is 0.833. The van der Waals surface area contributed by atoms with Gasteiger partial charge in [-0.3, -0.25) is 9.59 Å². The molecular weight excluding hydrogens is 470 g/mol. The molecule has 0 aliphatic rings. The summed E-state index contributed by atoms with van der Waals surface area (Å²) in [5.74, 6) is -5.26. The number of rotatable bonds is 25. The zero-order valence-electron chi connectivity index (χ0n) is 24.1. The molecule has 0 aromatic carbocycles. The van der Waals surface area contributed by atoms with Crippen LogP contribution >= 0.6 is 0 Å². The number of carboxylic acid groups (broad SMARTS) is 3. The maximum atomic E-state index is 11.6. The molecule has 2 N–H and O–H groups in total. The van der Waals surface area contributed by atoms with Crippen molar-refractivity contribution in [3.8, 4) is 0 Å². The molecule has 0 bridgehead atoms. The summed E-state index contributed by atoms with van der Waals surface area (Å²) in [7, 11) is 0. The second-order valence-corrected chi connectivity index (χ2v) is 11.2. The molecule has 0 rings (SSSR count). The Hall–Kier alpha value is -1.89. The number of allylic oxidation sites excluding steroid dienone is 2. The molecular formula is C30H55NO6. The van der Waals surface area contributed by atoms with Crippen LogP contribution in [-0.4, -0.2) is 58.8 Å². The first-order valence-electron chi connectivity index (χ1n) is 14.7. The van der Waals surface area contributed by atoms with Crippen LogP contribution in [0.3, 0.4) is 0 Å². The Morgan fingerprint density at radius 2 is 1.03 bits per heavy atom. The number of nitrogens with zero attached hydrogens (tertiary/aromatic N) is 1. The molecule has 0 aromatic heterocycles. The standard InChI is InChI=1S/C30H55NO6/c1-5-6-7-8-9-10-11-12-13-14-15-16-17-18-19-20-21-31(22-25(2)28(32)33,23-26(3)29(34)35)24-27(4)30(36)37/h13-14,25-27H,5-12,15-24H2,1-4H3,(H2-,32,33,34,35,36,37)/b14-13+. The van der Waals surface area contributed by atoms with E-state index in [1.807, 2.05) is 0 Å². The average molecular weight is 526 g/mol. The SMILES string of the molecule is CCCCCCCCC/C=C/CCCCCCC[N+](CC(C)C(=O)[O-])(CC(C)C(=O)O)CC(C)C(=O)O. The van der Waals surface area contributed by atoms with Crippen LogP contribution in [0.4, 0.5) is 0 Å². The predicted octanol–water partition coefficient (Wildman–Crippen LogP) is 5.67. The van der Waals surface area contributed by atoms with Crippen LogP contribution in [0, 0.1) is 17.8 Å². The van der Waals surface area contributed by atoms with Gasteiger partial charge >= 0.3 is 11.9 Å². The number of carbonyl (C=O) groups excluding carboxylic acids is 1. The smallest absolute Gasteiger partial charge is 0.311 e. The van der Waals surface area contributed by atoms with E-state index >= 15 is 0 Å². The summed E-state index contributed by atoms with van der Waals surface area (Å²) >= 11 is 0. The van der Waals surface area contributed by atoms with Crippen molar-refractivity contribution >= 4 is 17.9 Å². The summed E-state index contributed by atoms with van der Waals surface area (Å²) in [4.78, 5) is 34.6. The Labute approximate surface area is 225 Å². The van der Waals surface area contributed by atoms with E-state index in [-0.39, 0.29) is 24.1 Å². The first kappa shape index (κ1) is 35.1. The van der Waals surface area contributed by atoms with Gasteiger partial charge in [-0.1, -0.05) is 77.4 Å². The lowest BCUT2D eigenvalue weighted by molar-refractivity contribution is -0.934. The Balaban J connectivity index is 4.55. The van der Waals surface area contributed by atoms with Crippen LogP contribution in [0.25, 0.3) is 0 Å². The summed E-state index contributed by atoms with van der Waals surface area (Å²) in [6.07, 6.45) is 21.3. The van der Waals surface area contributed by atoms with E-state index in [1.165, 1.54) is 51.4 Å². The second-order valence-electron chi connectivity index (χ2n) is 11.2. The molecule has 7 nitrogen and oxygen atoms in total. The van der Waals surface area contributed by atoms with Crippen molar-refractivity contribution < 1.29 is 34.2 Å². The highest BCUT2D eigenvalue weighted by Crippen LogP contribution is 2.22. The highest BCUT2D eigenvalue weighted by atomic mass is 16.4. The van der Waals surface area contributed by atoms with E-state index in [9.17, 15) is 29.7 Å². The molecule has 0 radical (unpaired) electrons. The molecule has 0 heterocycles. The summed E-state index contributed by atoms with van der Waals surface area (Å²) in [6.45, 7) is 8.20. The Morgan fingerprint density at radius 1 is 0.649 bits per heavy atom. The van der Waals surface area contributed by atoms with Gasteiger partial charge in [-0.15, -0.1) is 0 Å². The number of quaternary nitrogens is 1. The van der Waals surface area contributed by atoms with Crippen molar-refractivity contribution in [1.82, 2.24) is 0 Å². The topological polar surface area (TPSA) is 115 Å². The molecule has 3 unspecified atom stereocenters. The largest absolute Gasteiger partial charge is 0.550 e. The number of carboxylic acids is 3. The third kappa shape index (κ3) is 18.1. The van der Waals surface area contributed by atoms with E-state index in [2.05, 4.69) is 19.1 Å². The van der Waals surface area contributed by atoms with Crippen molar-refractivity contribution in [2.75, 3.05) is 26.2 Å². The van der Waals surface area contributed by atoms with Gasteiger partial charge in [0.05, 0.1) is 26.2 Å². The Morgan fingerprint density at radius 3 is 1.43 bits per heavy atom. The number of hydrogen-bond acceptors (Lipinski definition) is 4. The van der Waals surface area contributed by atoms with Gasteiger partial charge in [-0.05, 0) is 52.4 Å². The van der Waals surface area contributed by atoms with E-state index < -0.39 is 35.7 Å². The van der Waals surface area contributed by atoms with Crippen molar-refractivity contribution in [2.24, 2.45) is 17.8 Å². The summed E-state index contributed by atoms with van der Waals surface area (Å²) in [5.41, 5.74) is 0. The lowest BCUT2D eigenvalue weighted by Gasteiger charge is -2.43. The van der Waals surface area contributed by atoms with Crippen LogP contribution in [0.1, 0.15) is 118 Å². The van der Waals surface area contributed by atoms with Crippen LogP contribution in [0.15, 0.2) is 12.2 Å². The van der Waals surface area contributed by atoms with E-state index in [0.29, 0.717) is 6.54 Å². The molecule has 0 aliphatic heterocycles. The van der Waals surface area contributed by atoms with Gasteiger partial charge < -0.3 is 24.6 Å². The van der Waals surface area contributed by atoms with Gasteiger partial charge in [0.15, 0.2) is 0 Å². The minimum Gasteiger partial charge on any atom is -0.550 e. The quantitative estimate of drug-likeness (QED) is 0.0902. The molecule has 3 atom stereocenters. The van der Waals surface area contributed by atoms with Gasteiger partial charge in [-0.25, -0.2) is 0 Å². The maximum absolute atomic E-state index is 11.6. The van der Waals surface area contributed by atoms with Gasteiger partial charge in [0.2, 0.25) is 0 Å². The fourth-order valence-electron chi connectivity index (χ4n) is 5.17. The van der Waals surface area contributed by atoms with E-state index in [0.717, 1.165) is 38.5 Å². The molecule has 216 valence electrons. The van der Waals surface area contributed by atoms with Crippen molar-refractivity contribution in [3.63, 3.8) is 0 Å². The Kier molecular flexibility index (Phi) is 20.0. The summed E-state index contributed by atoms with van der Waals surface area (Å²) < 4.78 is 0.178. The minimum atomic E-state index is -1.19. The third-order valence-electron chi connectivity index (χ3n) is 7.37. The van der Waals surface area contributed by atoms with Crippen molar-refractivity contribution in [3.05, 3.63) is 12.2 Å². The molecule has 0 aromatic rings. The van der Waals surface area contributed by atoms with Crippen LogP contribution in [0.5, 0.6) is 0 Å². The maximum Gasteiger partial charge on any atom is 0.311 e. The van der Waals surface area contributed by atoms with Crippen LogP contribution in [0.2, 0.25) is 0 Å². The molecule has 0 aliphatic carbocycles. The highest BCUT2D eigenvalue weighted by molar-refractivity contribution is 5.70. The van der Waals surface area contributed by atoms with E-state index in [1.54, 1.807) is 20.8 Å². The molecule has 7 heteroatoms. The molecule has 0 spiro atoms. The van der Waals surface area contributed by atoms with Gasteiger partial charge in [-0.2, -0.15) is 0 Å². The fourth-order valence-corrected chi connectivity index (χ4v) is 5.17. The first-order valence-corrected chi connectivity index (χ1v) is 14.7. The molecule has 0 saturated heterocycles. The number of carbonyl (C=O) groups is 3. The van der Waals surface area contributed by atoms with E-state index in [4.69, 9.17) is 0 Å². The average Bonchev–Trinajstić information content (AvgIpc) is 2.83. The first-order chi connectivity index (χ1) is 17.5. The highest BCUT2D eigenvalue weighted by Gasteiger charge is 2.36. The second kappa shape index (κ2) is 21.1. The summed E-state index contributed by atoms with van der Waals surface area (Å²) in [5, 5.41) is 30.4. The monoisotopic (exact) mass is 525 g/mol. The number of aliphatic carboxylic acids is 3. The number of unbranched alkanes of at least 4 members (excludes halogenated alkanes) is 12. The zero-order chi connectivity index (χ0) is 28.1. The van der Waals surface area contributed by atoms with Crippen molar-refractivity contribution in [2.45, 2.75) is 118 Å². The summed E-state index contributed by atoms with van der Waals surface area (Å²) in [6, 6.07) is 0. The van der Waals surface area contributed by atoms with Gasteiger partial charge in [0, 0.05) is 11.9 Å². The van der Waals surface area contributed by atoms with Crippen molar-refractivity contribution in [1.29, 1.82) is 0 Å². The van der Waals surface area contributed by atoms with Crippen LogP contribution < -0.4 is 5.11 Å². The molecule has 0 fully saturated rings. The molecule has 0 saturated carbocycles. The Bertz CT molecular complexity index is 607. The van der Waals surface area contributed by atoms with Crippen LogP contribution in [-0.2, 0) is 14.4 Å². The zero-order valence-corrected chi connectivity index (χ0v) is 24.1. The van der Waals surface area contributed by atoms with Gasteiger partial charge in [0.25, 0.3) is 0 Å².